The molecule has 0 N–H and O–H groups in total. The van der Waals surface area contributed by atoms with Crippen molar-refractivity contribution in [3.63, 3.8) is 0 Å². The third kappa shape index (κ3) is 4.27. The number of carbonyl (C=O) groups is 1. The van der Waals surface area contributed by atoms with Gasteiger partial charge < -0.3 is 9.64 Å². The molecule has 1 amide bonds. The lowest BCUT2D eigenvalue weighted by Gasteiger charge is -2.40. The number of aromatic nitrogens is 2. The molecule has 1 atom stereocenters. The molecule has 0 radical (unpaired) electrons. The highest BCUT2D eigenvalue weighted by molar-refractivity contribution is 7.18. The van der Waals surface area contributed by atoms with E-state index in [0.717, 1.165) is 42.7 Å². The third-order valence-corrected chi connectivity index (χ3v) is 7.83. The van der Waals surface area contributed by atoms with Crippen LogP contribution < -0.4 is 5.56 Å². The van der Waals surface area contributed by atoms with E-state index in [0.29, 0.717) is 36.7 Å². The van der Waals surface area contributed by atoms with E-state index < -0.39 is 0 Å². The lowest BCUT2D eigenvalue weighted by molar-refractivity contribution is 0.0635. The highest BCUT2D eigenvalue weighted by Crippen LogP contribution is 2.35. The van der Waals surface area contributed by atoms with Crippen molar-refractivity contribution in [3.05, 3.63) is 62.8 Å². The predicted molar refractivity (Wildman–Crippen MR) is 125 cm³/mol. The number of halogens is 1. The fourth-order valence-corrected chi connectivity index (χ4v) is 6.15. The number of amides is 1. The molecule has 0 saturated carbocycles. The molecule has 174 valence electrons. The zero-order valence-electron chi connectivity index (χ0n) is 18.6. The summed E-state index contributed by atoms with van der Waals surface area (Å²) >= 11 is 1.60. The average molecular weight is 471 g/mol. The Balaban J connectivity index is 1.33. The summed E-state index contributed by atoms with van der Waals surface area (Å²) < 4.78 is 20.7. The summed E-state index contributed by atoms with van der Waals surface area (Å²) in [6, 6.07) is 6.92. The van der Waals surface area contributed by atoms with Crippen LogP contribution >= 0.6 is 11.3 Å². The van der Waals surface area contributed by atoms with Crippen molar-refractivity contribution in [1.82, 2.24) is 19.4 Å². The molecule has 33 heavy (non-hydrogen) atoms. The van der Waals surface area contributed by atoms with Crippen molar-refractivity contribution in [1.29, 1.82) is 0 Å². The molecule has 1 aliphatic carbocycles. The maximum atomic E-state index is 14.1. The summed E-state index contributed by atoms with van der Waals surface area (Å²) in [6.45, 7) is 5.41. The van der Waals surface area contributed by atoms with Crippen LogP contribution in [0.4, 0.5) is 9.18 Å². The van der Waals surface area contributed by atoms with E-state index in [4.69, 9.17) is 4.74 Å². The summed E-state index contributed by atoms with van der Waals surface area (Å²) in [4.78, 5) is 36.0. The monoisotopic (exact) mass is 470 g/mol. The first kappa shape index (κ1) is 22.0. The topological polar surface area (TPSA) is 67.7 Å². The number of fused-ring (bicyclic) bond motifs is 3. The lowest BCUT2D eigenvalue weighted by Crippen LogP contribution is -2.53. The molecule has 2 aromatic heterocycles. The highest BCUT2D eigenvalue weighted by atomic mass is 32.1. The van der Waals surface area contributed by atoms with Crippen LogP contribution in [-0.4, -0.2) is 64.3 Å². The summed E-state index contributed by atoms with van der Waals surface area (Å²) in [5.74, 6) is -0.317. The van der Waals surface area contributed by atoms with Gasteiger partial charge in [-0.05, 0) is 37.8 Å². The van der Waals surface area contributed by atoms with Gasteiger partial charge in [-0.2, -0.15) is 0 Å². The number of ether oxygens (including phenoxy) is 1. The summed E-state index contributed by atoms with van der Waals surface area (Å²) in [5, 5.41) is 0.694. The number of aryl methyl sites for hydroxylation is 1. The molecule has 3 heterocycles. The van der Waals surface area contributed by atoms with Crippen molar-refractivity contribution in [3.8, 4) is 0 Å². The fraction of sp³-hybridized carbons (Fsp3) is 0.458. The van der Waals surface area contributed by atoms with Crippen LogP contribution in [0.2, 0.25) is 0 Å². The van der Waals surface area contributed by atoms with Crippen molar-refractivity contribution in [2.24, 2.45) is 0 Å². The molecular formula is C24H27FN4O3S. The van der Waals surface area contributed by atoms with E-state index in [-0.39, 0.29) is 24.0 Å². The van der Waals surface area contributed by atoms with Gasteiger partial charge in [0.05, 0.1) is 24.9 Å². The Kier molecular flexibility index (Phi) is 6.16. The minimum Gasteiger partial charge on any atom is -0.450 e. The fourth-order valence-electron chi connectivity index (χ4n) is 4.90. The molecule has 0 spiro atoms. The molecule has 3 aromatic rings. The number of hydrogen-bond acceptors (Lipinski definition) is 6. The number of piperazine rings is 1. The predicted octanol–water partition coefficient (Wildman–Crippen LogP) is 3.28. The van der Waals surface area contributed by atoms with E-state index in [2.05, 4.69) is 9.88 Å². The van der Waals surface area contributed by atoms with E-state index in [9.17, 15) is 14.0 Å². The van der Waals surface area contributed by atoms with Gasteiger partial charge >= 0.3 is 6.09 Å². The van der Waals surface area contributed by atoms with Gasteiger partial charge in [-0.25, -0.2) is 14.2 Å². The Hall–Kier alpha value is -2.78. The van der Waals surface area contributed by atoms with Gasteiger partial charge in [0.1, 0.15) is 10.6 Å². The normalized spacial score (nSPS) is 19.0. The lowest BCUT2D eigenvalue weighted by atomic mass is 9.91. The minimum absolute atomic E-state index is 0.0951. The number of nitrogens with zero attached hydrogens (tertiary/aromatic N) is 4. The molecule has 1 saturated heterocycles. The van der Waals surface area contributed by atoms with Gasteiger partial charge in [0.2, 0.25) is 0 Å². The largest absolute Gasteiger partial charge is 0.450 e. The SMILES string of the molecule is CCOC(=O)N1CCN([C@H]2CCc3c(sc4ncn(Cc5ccccc5F)c(=O)c34)C2)CC1. The van der Waals surface area contributed by atoms with Crippen LogP contribution in [0.5, 0.6) is 0 Å². The summed E-state index contributed by atoms with van der Waals surface area (Å²) in [6.07, 6.45) is 4.00. The van der Waals surface area contributed by atoms with Gasteiger partial charge in [0.15, 0.2) is 0 Å². The van der Waals surface area contributed by atoms with Gasteiger partial charge in [0, 0.05) is 42.7 Å². The number of hydrogen-bond donors (Lipinski definition) is 0. The Morgan fingerprint density at radius 2 is 2.03 bits per heavy atom. The van der Waals surface area contributed by atoms with Crippen LogP contribution in [0.1, 0.15) is 29.3 Å². The average Bonchev–Trinajstić information content (AvgIpc) is 3.21. The van der Waals surface area contributed by atoms with Gasteiger partial charge in [-0.3, -0.25) is 14.3 Å². The summed E-state index contributed by atoms with van der Waals surface area (Å²) in [5.41, 5.74) is 1.49. The maximum absolute atomic E-state index is 14.1. The maximum Gasteiger partial charge on any atom is 0.409 e. The third-order valence-electron chi connectivity index (χ3n) is 6.66. The van der Waals surface area contributed by atoms with Crippen LogP contribution in [0, 0.1) is 5.82 Å². The van der Waals surface area contributed by atoms with Crippen molar-refractivity contribution < 1.29 is 13.9 Å². The van der Waals surface area contributed by atoms with Crippen LogP contribution in [-0.2, 0) is 24.1 Å². The minimum atomic E-state index is -0.317. The quantitative estimate of drug-likeness (QED) is 0.586. The van der Waals surface area contributed by atoms with Gasteiger partial charge in [0.25, 0.3) is 5.56 Å². The Morgan fingerprint density at radius 3 is 2.79 bits per heavy atom. The van der Waals surface area contributed by atoms with Crippen molar-refractivity contribution in [2.75, 3.05) is 32.8 Å². The Labute approximate surface area is 195 Å². The number of rotatable bonds is 4. The van der Waals surface area contributed by atoms with Crippen molar-refractivity contribution >= 4 is 27.6 Å². The zero-order chi connectivity index (χ0) is 22.9. The van der Waals surface area contributed by atoms with Gasteiger partial charge in [-0.15, -0.1) is 11.3 Å². The number of carbonyl (C=O) groups excluding carboxylic acids is 1. The molecule has 1 fully saturated rings. The van der Waals surface area contributed by atoms with Crippen LogP contribution in [0.3, 0.4) is 0 Å². The second-order valence-electron chi connectivity index (χ2n) is 8.57. The zero-order valence-corrected chi connectivity index (χ0v) is 19.4. The number of benzene rings is 1. The molecule has 0 bridgehead atoms. The second-order valence-corrected chi connectivity index (χ2v) is 9.66. The molecule has 7 nitrogen and oxygen atoms in total. The van der Waals surface area contributed by atoms with E-state index in [1.807, 2.05) is 6.92 Å². The molecule has 2 aliphatic rings. The smallest absolute Gasteiger partial charge is 0.409 e. The van der Waals surface area contributed by atoms with Crippen LogP contribution in [0.15, 0.2) is 35.4 Å². The van der Waals surface area contributed by atoms with E-state index in [1.54, 1.807) is 34.4 Å². The van der Waals surface area contributed by atoms with E-state index >= 15 is 0 Å². The molecule has 1 aromatic carbocycles. The Bertz CT molecular complexity index is 1230. The molecule has 0 unspecified atom stereocenters. The number of thiophene rings is 1. The van der Waals surface area contributed by atoms with Gasteiger partial charge in [-0.1, -0.05) is 18.2 Å². The van der Waals surface area contributed by atoms with Crippen LogP contribution in [0.25, 0.3) is 10.2 Å². The molecule has 1 aliphatic heterocycles. The first-order valence-electron chi connectivity index (χ1n) is 11.4. The first-order chi connectivity index (χ1) is 16.0. The summed E-state index contributed by atoms with van der Waals surface area (Å²) in [7, 11) is 0. The molecule has 5 rings (SSSR count). The Morgan fingerprint density at radius 1 is 1.24 bits per heavy atom. The van der Waals surface area contributed by atoms with Crippen molar-refractivity contribution in [2.45, 2.75) is 38.8 Å². The first-order valence-corrected chi connectivity index (χ1v) is 12.3. The molecular weight excluding hydrogens is 443 g/mol. The second kappa shape index (κ2) is 9.23. The van der Waals surface area contributed by atoms with E-state index in [1.165, 1.54) is 21.8 Å². The molecule has 9 heteroatoms. The highest BCUT2D eigenvalue weighted by Gasteiger charge is 2.31. The standard InChI is InChI=1S/C24H27FN4O3S/c1-2-32-24(31)28-11-9-27(10-12-28)17-7-8-18-20(13-17)33-22-21(18)23(30)29(15-26-22)14-16-5-3-4-6-19(16)25/h3-6,15,17H,2,7-14H2,1H3/t17-/m0/s1.